The molecule has 1 heterocycles. The van der Waals surface area contributed by atoms with E-state index in [2.05, 4.69) is 6.29 Å². The Morgan fingerprint density at radius 3 is 2.42 bits per heavy atom. The molecule has 0 aromatic carbocycles. The number of hydrogen-bond donors (Lipinski definition) is 0. The van der Waals surface area contributed by atoms with Crippen LogP contribution in [0.2, 0.25) is 0 Å². The molecule has 0 spiro atoms. The van der Waals surface area contributed by atoms with E-state index in [-0.39, 0.29) is 5.25 Å². The fourth-order valence-electron chi connectivity index (χ4n) is 1.54. The minimum atomic E-state index is 0.170. The molecule has 0 aromatic rings. The van der Waals surface area contributed by atoms with Crippen LogP contribution in [0.5, 0.6) is 0 Å². The molecule has 1 saturated heterocycles. The Balaban J connectivity index is 2.21. The Hall–Kier alpha value is 0.0200. The Kier molecular flexibility index (Phi) is 5.50. The van der Waals surface area contributed by atoms with Crippen LogP contribution in [-0.2, 0) is 4.79 Å². The molecular formula is C10H17OS. The van der Waals surface area contributed by atoms with Crippen LogP contribution in [0.3, 0.4) is 0 Å². The molecule has 1 atom stereocenters. The first-order chi connectivity index (χ1) is 5.93. The number of rotatable bonds is 1. The average molecular weight is 185 g/mol. The van der Waals surface area contributed by atoms with Crippen LogP contribution in [-0.4, -0.2) is 17.3 Å². The van der Waals surface area contributed by atoms with Gasteiger partial charge in [-0.15, -0.1) is 0 Å². The highest BCUT2D eigenvalue weighted by atomic mass is 32.2. The fraction of sp³-hybridized carbons (Fsp3) is 0.900. The van der Waals surface area contributed by atoms with E-state index < -0.39 is 0 Å². The molecule has 1 radical (unpaired) electrons. The zero-order chi connectivity index (χ0) is 8.65. The Bertz CT molecular complexity index is 115. The zero-order valence-corrected chi connectivity index (χ0v) is 8.37. The van der Waals surface area contributed by atoms with Crippen molar-refractivity contribution in [3.8, 4) is 0 Å². The number of hydrogen-bond acceptors (Lipinski definition) is 2. The molecule has 1 unspecified atom stereocenters. The maximum absolute atomic E-state index is 10.5. The molecule has 12 heavy (non-hydrogen) atoms. The third kappa shape index (κ3) is 4.15. The van der Waals surface area contributed by atoms with Gasteiger partial charge >= 0.3 is 0 Å². The van der Waals surface area contributed by atoms with E-state index in [0.717, 1.165) is 12.2 Å². The van der Waals surface area contributed by atoms with Gasteiger partial charge in [-0.1, -0.05) is 32.1 Å². The first kappa shape index (κ1) is 10.1. The summed E-state index contributed by atoms with van der Waals surface area (Å²) in [5, 5.41) is 0.170. The van der Waals surface area contributed by atoms with Gasteiger partial charge in [0.25, 0.3) is 0 Å². The van der Waals surface area contributed by atoms with Crippen molar-refractivity contribution in [2.45, 2.75) is 50.2 Å². The summed E-state index contributed by atoms with van der Waals surface area (Å²) >= 11 is 1.80. The van der Waals surface area contributed by atoms with Gasteiger partial charge < -0.3 is 0 Å². The van der Waals surface area contributed by atoms with E-state index in [1.165, 1.54) is 38.5 Å². The van der Waals surface area contributed by atoms with Crippen LogP contribution in [0.1, 0.15) is 44.9 Å². The summed E-state index contributed by atoms with van der Waals surface area (Å²) in [5.41, 5.74) is 0. The normalized spacial score (nSPS) is 27.8. The predicted octanol–water partition coefficient (Wildman–Crippen LogP) is 2.94. The molecule has 1 nitrogen and oxygen atoms in total. The summed E-state index contributed by atoms with van der Waals surface area (Å²) in [5.74, 6) is 1.15. The molecule has 1 aliphatic rings. The predicted molar refractivity (Wildman–Crippen MR) is 54.3 cm³/mol. The Morgan fingerprint density at radius 1 is 1.00 bits per heavy atom. The standard InChI is InChI=1S/C10H17OS/c11-9-10-7-5-3-1-2-4-6-8-12-10/h10H,1-8H2. The summed E-state index contributed by atoms with van der Waals surface area (Å²) in [6.45, 7) is 0. The third-order valence-corrected chi connectivity index (χ3v) is 3.57. The fourth-order valence-corrected chi connectivity index (χ4v) is 2.60. The minimum Gasteiger partial charge on any atom is -0.290 e. The summed E-state index contributed by atoms with van der Waals surface area (Å²) in [7, 11) is 0. The summed E-state index contributed by atoms with van der Waals surface area (Å²) < 4.78 is 0. The van der Waals surface area contributed by atoms with Gasteiger partial charge in [0.15, 0.2) is 0 Å². The second-order valence-electron chi connectivity index (χ2n) is 3.39. The van der Waals surface area contributed by atoms with E-state index in [1.54, 1.807) is 11.8 Å². The highest BCUT2D eigenvalue weighted by Crippen LogP contribution is 2.21. The van der Waals surface area contributed by atoms with Gasteiger partial charge in [-0.05, 0) is 18.6 Å². The van der Waals surface area contributed by atoms with E-state index in [4.69, 9.17) is 0 Å². The lowest BCUT2D eigenvalue weighted by atomic mass is 10.1. The summed E-state index contributed by atoms with van der Waals surface area (Å²) in [6.07, 6.45) is 11.1. The second-order valence-corrected chi connectivity index (χ2v) is 4.70. The first-order valence-electron chi connectivity index (χ1n) is 4.93. The van der Waals surface area contributed by atoms with Crippen LogP contribution < -0.4 is 0 Å². The van der Waals surface area contributed by atoms with Gasteiger partial charge in [0, 0.05) is 0 Å². The molecule has 2 heteroatoms. The van der Waals surface area contributed by atoms with Crippen molar-refractivity contribution in [1.29, 1.82) is 0 Å². The number of carbonyl (C=O) groups excluding carboxylic acids is 1. The molecule has 0 bridgehead atoms. The SMILES string of the molecule is O=[C]C1CCCCCCCCS1. The lowest BCUT2D eigenvalue weighted by Gasteiger charge is -2.11. The topological polar surface area (TPSA) is 17.1 Å². The summed E-state index contributed by atoms with van der Waals surface area (Å²) in [4.78, 5) is 10.5. The molecule has 0 aliphatic carbocycles. The van der Waals surface area contributed by atoms with Gasteiger partial charge in [-0.3, -0.25) is 4.79 Å². The van der Waals surface area contributed by atoms with Crippen molar-refractivity contribution >= 4 is 18.0 Å². The van der Waals surface area contributed by atoms with E-state index >= 15 is 0 Å². The molecule has 0 saturated carbocycles. The molecule has 1 aliphatic heterocycles. The quantitative estimate of drug-likeness (QED) is 0.625. The van der Waals surface area contributed by atoms with Gasteiger partial charge in [0.05, 0.1) is 5.25 Å². The lowest BCUT2D eigenvalue weighted by molar-refractivity contribution is 0.541. The van der Waals surface area contributed by atoms with Gasteiger partial charge in [0.1, 0.15) is 0 Å². The molecule has 0 aromatic heterocycles. The van der Waals surface area contributed by atoms with Crippen molar-refractivity contribution in [3.05, 3.63) is 0 Å². The van der Waals surface area contributed by atoms with Crippen molar-refractivity contribution < 1.29 is 4.79 Å². The van der Waals surface area contributed by atoms with Gasteiger partial charge in [-0.2, -0.15) is 11.8 Å². The van der Waals surface area contributed by atoms with Crippen LogP contribution in [0.15, 0.2) is 0 Å². The van der Waals surface area contributed by atoms with Crippen LogP contribution in [0, 0.1) is 0 Å². The van der Waals surface area contributed by atoms with Crippen molar-refractivity contribution in [2.75, 3.05) is 5.75 Å². The highest BCUT2D eigenvalue weighted by Gasteiger charge is 2.09. The molecule has 0 amide bonds. The molecule has 1 fully saturated rings. The Labute approximate surface area is 79.3 Å². The maximum Gasteiger partial charge on any atom is 0.212 e. The summed E-state index contributed by atoms with van der Waals surface area (Å²) in [6, 6.07) is 0. The minimum absolute atomic E-state index is 0.170. The molecule has 69 valence electrons. The van der Waals surface area contributed by atoms with Crippen LogP contribution >= 0.6 is 11.8 Å². The lowest BCUT2D eigenvalue weighted by Crippen LogP contribution is -2.06. The van der Waals surface area contributed by atoms with Gasteiger partial charge in [0.2, 0.25) is 6.29 Å². The highest BCUT2D eigenvalue weighted by molar-refractivity contribution is 8.00. The van der Waals surface area contributed by atoms with E-state index in [0.29, 0.717) is 0 Å². The second kappa shape index (κ2) is 6.53. The third-order valence-electron chi connectivity index (χ3n) is 2.31. The van der Waals surface area contributed by atoms with Crippen molar-refractivity contribution in [2.24, 2.45) is 0 Å². The van der Waals surface area contributed by atoms with Gasteiger partial charge in [-0.25, -0.2) is 0 Å². The zero-order valence-electron chi connectivity index (χ0n) is 7.55. The largest absolute Gasteiger partial charge is 0.290 e. The van der Waals surface area contributed by atoms with E-state index in [9.17, 15) is 4.79 Å². The van der Waals surface area contributed by atoms with Crippen LogP contribution in [0.4, 0.5) is 0 Å². The van der Waals surface area contributed by atoms with E-state index in [1.807, 2.05) is 0 Å². The Morgan fingerprint density at radius 2 is 1.67 bits per heavy atom. The monoisotopic (exact) mass is 185 g/mol. The maximum atomic E-state index is 10.5. The smallest absolute Gasteiger partial charge is 0.212 e. The van der Waals surface area contributed by atoms with Crippen LogP contribution in [0.25, 0.3) is 0 Å². The molecular weight excluding hydrogens is 168 g/mol. The van der Waals surface area contributed by atoms with Crippen molar-refractivity contribution in [3.63, 3.8) is 0 Å². The molecule has 1 rings (SSSR count). The first-order valence-corrected chi connectivity index (χ1v) is 5.97. The van der Waals surface area contributed by atoms with Crippen molar-refractivity contribution in [1.82, 2.24) is 0 Å². The number of thioether (sulfide) groups is 1. The average Bonchev–Trinajstić information content (AvgIpc) is 2.14. The molecule has 0 N–H and O–H groups in total.